The van der Waals surface area contributed by atoms with Gasteiger partial charge in [0, 0.05) is 18.3 Å². The van der Waals surface area contributed by atoms with E-state index in [9.17, 15) is 14.4 Å². The fourth-order valence-electron chi connectivity index (χ4n) is 0.528. The van der Waals surface area contributed by atoms with E-state index in [-0.39, 0.29) is 6.29 Å². The molecule has 0 bridgehead atoms. The Hall–Kier alpha value is -0.370. The SMILES string of the molecule is CCSC(=O)C(=O)C(C=O)OOSC. The number of aldehydes is 1. The predicted molar refractivity (Wildman–Crippen MR) is 53.7 cm³/mol. The number of carbonyl (C=O) groups excluding carboxylic acids is 3. The van der Waals surface area contributed by atoms with Crippen LogP contribution in [0.3, 0.4) is 0 Å². The third kappa shape index (κ3) is 4.75. The molecule has 80 valence electrons. The maximum absolute atomic E-state index is 11.2. The lowest BCUT2D eigenvalue weighted by atomic mass is 10.3. The van der Waals surface area contributed by atoms with Gasteiger partial charge < -0.3 is 0 Å². The quantitative estimate of drug-likeness (QED) is 0.161. The van der Waals surface area contributed by atoms with Crippen LogP contribution in [0.4, 0.5) is 0 Å². The summed E-state index contributed by atoms with van der Waals surface area (Å²) in [6, 6.07) is 0. The molecule has 7 heteroatoms. The first-order chi connectivity index (χ1) is 6.67. The van der Waals surface area contributed by atoms with Gasteiger partial charge in [0.05, 0.1) is 0 Å². The molecule has 0 fully saturated rings. The van der Waals surface area contributed by atoms with Crippen molar-refractivity contribution in [1.29, 1.82) is 0 Å². The van der Waals surface area contributed by atoms with E-state index in [1.54, 1.807) is 13.2 Å². The summed E-state index contributed by atoms with van der Waals surface area (Å²) in [7, 11) is 0. The Kier molecular flexibility index (Phi) is 7.77. The van der Waals surface area contributed by atoms with E-state index in [4.69, 9.17) is 0 Å². The second-order valence-corrected chi connectivity index (χ2v) is 3.68. The highest BCUT2D eigenvalue weighted by atomic mass is 32.2. The van der Waals surface area contributed by atoms with Gasteiger partial charge in [-0.3, -0.25) is 14.4 Å². The molecule has 0 saturated heterocycles. The van der Waals surface area contributed by atoms with E-state index in [0.717, 1.165) is 23.8 Å². The van der Waals surface area contributed by atoms with Crippen molar-refractivity contribution in [2.24, 2.45) is 0 Å². The fraction of sp³-hybridized carbons (Fsp3) is 0.571. The summed E-state index contributed by atoms with van der Waals surface area (Å²) in [6.45, 7) is 1.73. The lowest BCUT2D eigenvalue weighted by Crippen LogP contribution is -2.30. The van der Waals surface area contributed by atoms with Crippen LogP contribution in [0.2, 0.25) is 0 Å². The van der Waals surface area contributed by atoms with E-state index < -0.39 is 17.0 Å². The van der Waals surface area contributed by atoms with E-state index >= 15 is 0 Å². The van der Waals surface area contributed by atoms with Gasteiger partial charge in [0.1, 0.15) is 0 Å². The first kappa shape index (κ1) is 13.6. The molecule has 0 aromatic heterocycles. The van der Waals surface area contributed by atoms with Crippen LogP contribution in [-0.2, 0) is 23.6 Å². The lowest BCUT2D eigenvalue weighted by Gasteiger charge is -2.05. The van der Waals surface area contributed by atoms with Gasteiger partial charge in [-0.25, -0.2) is 4.89 Å². The minimum Gasteiger partial charge on any atom is -0.300 e. The Morgan fingerprint density at radius 3 is 2.57 bits per heavy atom. The summed E-state index contributed by atoms with van der Waals surface area (Å²) < 4.78 is 4.34. The smallest absolute Gasteiger partial charge is 0.258 e. The Morgan fingerprint density at radius 2 is 2.14 bits per heavy atom. The molecular formula is C7H10O5S2. The van der Waals surface area contributed by atoms with Crippen LogP contribution in [0.5, 0.6) is 0 Å². The van der Waals surface area contributed by atoms with Gasteiger partial charge >= 0.3 is 0 Å². The number of Topliss-reactive ketones (excluding diaryl/α,β-unsaturated/α-hetero) is 1. The number of rotatable bonds is 7. The van der Waals surface area contributed by atoms with Gasteiger partial charge in [0.15, 0.2) is 6.29 Å². The van der Waals surface area contributed by atoms with E-state index in [0.29, 0.717) is 5.75 Å². The minimum atomic E-state index is -1.46. The van der Waals surface area contributed by atoms with Crippen LogP contribution in [-0.4, -0.2) is 35.3 Å². The molecule has 0 spiro atoms. The first-order valence-electron chi connectivity index (χ1n) is 3.69. The molecule has 0 aliphatic heterocycles. The number of thioether (sulfide) groups is 1. The van der Waals surface area contributed by atoms with Crippen molar-refractivity contribution in [3.05, 3.63) is 0 Å². The molecule has 0 aliphatic carbocycles. The standard InChI is InChI=1S/C7H10O5S2/c1-3-14-7(10)6(9)5(4-8)11-12-13-2/h4-5H,3H2,1-2H3. The molecule has 0 N–H and O–H groups in total. The van der Waals surface area contributed by atoms with Crippen molar-refractivity contribution in [2.45, 2.75) is 13.0 Å². The molecule has 0 amide bonds. The molecule has 0 radical (unpaired) electrons. The largest absolute Gasteiger partial charge is 0.300 e. The van der Waals surface area contributed by atoms with Crippen molar-refractivity contribution < 1.29 is 23.6 Å². The first-order valence-corrected chi connectivity index (χ1v) is 5.83. The van der Waals surface area contributed by atoms with Crippen molar-refractivity contribution in [2.75, 3.05) is 12.0 Å². The van der Waals surface area contributed by atoms with Gasteiger partial charge in [0.2, 0.25) is 11.9 Å². The second kappa shape index (κ2) is 7.98. The van der Waals surface area contributed by atoms with Crippen molar-refractivity contribution >= 4 is 41.0 Å². The van der Waals surface area contributed by atoms with Crippen LogP contribution >= 0.6 is 23.8 Å². The van der Waals surface area contributed by atoms with Crippen LogP contribution in [0, 0.1) is 0 Å². The number of hydrogen-bond donors (Lipinski definition) is 0. The molecule has 0 heterocycles. The average Bonchev–Trinajstić information content (AvgIpc) is 2.19. The molecule has 5 nitrogen and oxygen atoms in total. The number of hydrogen-bond acceptors (Lipinski definition) is 7. The Bertz CT molecular complexity index is 218. The lowest BCUT2D eigenvalue weighted by molar-refractivity contribution is -0.219. The average molecular weight is 238 g/mol. The maximum Gasteiger partial charge on any atom is 0.258 e. The summed E-state index contributed by atoms with van der Waals surface area (Å²) >= 11 is 1.66. The highest BCUT2D eigenvalue weighted by Gasteiger charge is 2.26. The highest BCUT2D eigenvalue weighted by Crippen LogP contribution is 2.07. The molecule has 0 aromatic rings. The number of ketones is 1. The van der Waals surface area contributed by atoms with Gasteiger partial charge in [0.25, 0.3) is 5.12 Å². The third-order valence-electron chi connectivity index (χ3n) is 1.07. The van der Waals surface area contributed by atoms with Gasteiger partial charge in [-0.1, -0.05) is 18.7 Å². The van der Waals surface area contributed by atoms with Crippen LogP contribution in [0.25, 0.3) is 0 Å². The second-order valence-electron chi connectivity index (χ2n) is 1.97. The molecule has 14 heavy (non-hydrogen) atoms. The summed E-state index contributed by atoms with van der Waals surface area (Å²) in [5, 5.41) is -0.700. The monoisotopic (exact) mass is 238 g/mol. The maximum atomic E-state index is 11.2. The Morgan fingerprint density at radius 1 is 1.50 bits per heavy atom. The van der Waals surface area contributed by atoms with Crippen molar-refractivity contribution in [3.8, 4) is 0 Å². The molecule has 0 saturated carbocycles. The van der Waals surface area contributed by atoms with Gasteiger partial charge in [-0.05, 0) is 5.75 Å². The fourth-order valence-corrected chi connectivity index (χ4v) is 1.21. The predicted octanol–water partition coefficient (Wildman–Crippen LogP) is 0.629. The Balaban J connectivity index is 4.15. The minimum absolute atomic E-state index is 0.229. The zero-order chi connectivity index (χ0) is 11.0. The summed E-state index contributed by atoms with van der Waals surface area (Å²) in [5.41, 5.74) is 0. The molecule has 0 aromatic carbocycles. The highest BCUT2D eigenvalue weighted by molar-refractivity contribution is 8.15. The van der Waals surface area contributed by atoms with Gasteiger partial charge in [-0.2, -0.15) is 4.33 Å². The topological polar surface area (TPSA) is 69.7 Å². The van der Waals surface area contributed by atoms with E-state index in [1.165, 1.54) is 0 Å². The molecular weight excluding hydrogens is 228 g/mol. The van der Waals surface area contributed by atoms with Crippen molar-refractivity contribution in [1.82, 2.24) is 0 Å². The summed E-state index contributed by atoms with van der Waals surface area (Å²) in [6.07, 6.45) is 0.316. The van der Waals surface area contributed by atoms with Crippen LogP contribution in [0.1, 0.15) is 6.92 Å². The van der Waals surface area contributed by atoms with Crippen LogP contribution < -0.4 is 0 Å². The van der Waals surface area contributed by atoms with Gasteiger partial charge in [-0.15, -0.1) is 0 Å². The number of carbonyl (C=O) groups is 3. The molecule has 0 aliphatic rings. The zero-order valence-electron chi connectivity index (χ0n) is 7.72. The molecule has 1 atom stereocenters. The normalized spacial score (nSPS) is 12.1. The molecule has 0 rings (SSSR count). The zero-order valence-corrected chi connectivity index (χ0v) is 9.35. The Labute approximate surface area is 90.0 Å². The summed E-state index contributed by atoms with van der Waals surface area (Å²) in [5.74, 6) is -0.430. The summed E-state index contributed by atoms with van der Waals surface area (Å²) in [4.78, 5) is 36.9. The van der Waals surface area contributed by atoms with Crippen LogP contribution in [0.15, 0.2) is 0 Å². The van der Waals surface area contributed by atoms with Crippen molar-refractivity contribution in [3.63, 3.8) is 0 Å². The molecule has 1 unspecified atom stereocenters. The van der Waals surface area contributed by atoms with E-state index in [2.05, 4.69) is 9.22 Å². The van der Waals surface area contributed by atoms with E-state index in [1.807, 2.05) is 0 Å². The third-order valence-corrected chi connectivity index (χ3v) is 2.04.